The van der Waals surface area contributed by atoms with Gasteiger partial charge in [0.1, 0.15) is 6.10 Å². The Morgan fingerprint density at radius 3 is 2.64 bits per heavy atom. The highest BCUT2D eigenvalue weighted by Crippen LogP contribution is 2.28. The molecule has 0 saturated carbocycles. The van der Waals surface area contributed by atoms with Crippen LogP contribution in [0.1, 0.15) is 36.5 Å². The smallest absolute Gasteiger partial charge is 0.306 e. The predicted molar refractivity (Wildman–Crippen MR) is 53.9 cm³/mol. The van der Waals surface area contributed by atoms with Gasteiger partial charge in [-0.1, -0.05) is 29.8 Å². The summed E-state index contributed by atoms with van der Waals surface area (Å²) in [5.41, 5.74) is 2.35. The number of rotatable bonds is 1. The molecule has 0 radical (unpaired) electrons. The fraction of sp³-hybridized carbons (Fsp3) is 0.417. The van der Waals surface area contributed by atoms with Crippen molar-refractivity contribution in [3.63, 3.8) is 0 Å². The average molecular weight is 190 g/mol. The summed E-state index contributed by atoms with van der Waals surface area (Å²) < 4.78 is 5.27. The van der Waals surface area contributed by atoms with E-state index >= 15 is 0 Å². The lowest BCUT2D eigenvalue weighted by Gasteiger charge is -2.22. The van der Waals surface area contributed by atoms with E-state index < -0.39 is 0 Å². The van der Waals surface area contributed by atoms with Crippen LogP contribution in [0.5, 0.6) is 0 Å². The molecule has 1 unspecified atom stereocenters. The minimum absolute atomic E-state index is 0.0168. The monoisotopic (exact) mass is 190 g/mol. The Morgan fingerprint density at radius 1 is 1.29 bits per heavy atom. The molecular formula is C12H14O2. The van der Waals surface area contributed by atoms with E-state index in [0.717, 1.165) is 18.4 Å². The fourth-order valence-electron chi connectivity index (χ4n) is 1.72. The van der Waals surface area contributed by atoms with Crippen molar-refractivity contribution in [1.29, 1.82) is 0 Å². The number of carbonyl (C=O) groups is 1. The minimum atomic E-state index is -0.0678. The third kappa shape index (κ3) is 1.95. The summed E-state index contributed by atoms with van der Waals surface area (Å²) in [6.07, 6.45) is 2.45. The van der Waals surface area contributed by atoms with Gasteiger partial charge in [0.25, 0.3) is 0 Å². The Morgan fingerprint density at radius 2 is 2.00 bits per heavy atom. The van der Waals surface area contributed by atoms with Crippen molar-refractivity contribution in [3.05, 3.63) is 35.4 Å². The predicted octanol–water partition coefficient (Wildman–Crippen LogP) is 2.76. The van der Waals surface area contributed by atoms with Gasteiger partial charge in [0.2, 0.25) is 0 Å². The topological polar surface area (TPSA) is 26.3 Å². The van der Waals surface area contributed by atoms with Gasteiger partial charge in [-0.3, -0.25) is 4.79 Å². The average Bonchev–Trinajstić information content (AvgIpc) is 2.19. The fourth-order valence-corrected chi connectivity index (χ4v) is 1.72. The molecule has 1 aliphatic heterocycles. The van der Waals surface area contributed by atoms with Gasteiger partial charge in [0, 0.05) is 6.42 Å². The van der Waals surface area contributed by atoms with Crippen LogP contribution in [0, 0.1) is 6.92 Å². The summed E-state index contributed by atoms with van der Waals surface area (Å²) in [6, 6.07) is 8.19. The number of ether oxygens (including phenoxy) is 1. The third-order valence-electron chi connectivity index (χ3n) is 2.57. The maximum Gasteiger partial charge on any atom is 0.306 e. The van der Waals surface area contributed by atoms with Crippen molar-refractivity contribution in [3.8, 4) is 0 Å². The van der Waals surface area contributed by atoms with Crippen LogP contribution >= 0.6 is 0 Å². The van der Waals surface area contributed by atoms with E-state index in [2.05, 4.69) is 19.1 Å². The molecule has 2 heteroatoms. The van der Waals surface area contributed by atoms with Crippen LogP contribution in [0.4, 0.5) is 0 Å². The zero-order valence-corrected chi connectivity index (χ0v) is 8.32. The Balaban J connectivity index is 2.14. The molecule has 1 saturated heterocycles. The highest BCUT2D eigenvalue weighted by atomic mass is 16.5. The standard InChI is InChI=1S/C12H14O2/c1-9-5-7-10(8-6-9)11-3-2-4-12(13)14-11/h5-8,11H,2-4H2,1H3. The second-order valence-electron chi connectivity index (χ2n) is 3.78. The van der Waals surface area contributed by atoms with E-state index in [4.69, 9.17) is 4.74 Å². The van der Waals surface area contributed by atoms with Crippen LogP contribution in [-0.2, 0) is 9.53 Å². The second-order valence-corrected chi connectivity index (χ2v) is 3.78. The maximum absolute atomic E-state index is 11.1. The maximum atomic E-state index is 11.1. The second kappa shape index (κ2) is 3.82. The van der Waals surface area contributed by atoms with Crippen molar-refractivity contribution < 1.29 is 9.53 Å². The van der Waals surface area contributed by atoms with Crippen molar-refractivity contribution >= 4 is 5.97 Å². The Labute approximate surface area is 83.9 Å². The molecule has 0 aromatic heterocycles. The highest BCUT2D eigenvalue weighted by molar-refractivity contribution is 5.70. The largest absolute Gasteiger partial charge is 0.457 e. The van der Waals surface area contributed by atoms with Crippen molar-refractivity contribution in [2.75, 3.05) is 0 Å². The first kappa shape index (κ1) is 9.25. The summed E-state index contributed by atoms with van der Waals surface area (Å²) in [5, 5.41) is 0. The molecule has 0 N–H and O–H groups in total. The molecule has 0 bridgehead atoms. The molecule has 1 fully saturated rings. The van der Waals surface area contributed by atoms with E-state index in [1.54, 1.807) is 0 Å². The van der Waals surface area contributed by atoms with E-state index in [-0.39, 0.29) is 12.1 Å². The lowest BCUT2D eigenvalue weighted by Crippen LogP contribution is -2.16. The van der Waals surface area contributed by atoms with Crippen LogP contribution in [0.15, 0.2) is 24.3 Å². The van der Waals surface area contributed by atoms with E-state index in [9.17, 15) is 4.79 Å². The number of aryl methyl sites for hydroxylation is 1. The molecule has 2 rings (SSSR count). The van der Waals surface area contributed by atoms with Crippen molar-refractivity contribution in [2.24, 2.45) is 0 Å². The Hall–Kier alpha value is -1.31. The van der Waals surface area contributed by atoms with Gasteiger partial charge >= 0.3 is 5.97 Å². The Kier molecular flexibility index (Phi) is 2.53. The number of hydrogen-bond donors (Lipinski definition) is 0. The highest BCUT2D eigenvalue weighted by Gasteiger charge is 2.21. The van der Waals surface area contributed by atoms with Crippen LogP contribution in [0.2, 0.25) is 0 Å². The molecule has 1 atom stereocenters. The number of esters is 1. The lowest BCUT2D eigenvalue weighted by atomic mass is 10.0. The van der Waals surface area contributed by atoms with Crippen molar-refractivity contribution in [1.82, 2.24) is 0 Å². The van der Waals surface area contributed by atoms with Crippen LogP contribution in [0.25, 0.3) is 0 Å². The van der Waals surface area contributed by atoms with E-state index in [0.29, 0.717) is 6.42 Å². The summed E-state index contributed by atoms with van der Waals surface area (Å²) >= 11 is 0. The molecule has 14 heavy (non-hydrogen) atoms. The molecule has 74 valence electrons. The van der Waals surface area contributed by atoms with Gasteiger partial charge in [0.05, 0.1) is 0 Å². The van der Waals surface area contributed by atoms with E-state index in [1.807, 2.05) is 12.1 Å². The van der Waals surface area contributed by atoms with Crippen LogP contribution < -0.4 is 0 Å². The van der Waals surface area contributed by atoms with Gasteiger partial charge in [-0.15, -0.1) is 0 Å². The summed E-state index contributed by atoms with van der Waals surface area (Å²) in [6.45, 7) is 2.05. The molecule has 0 aliphatic carbocycles. The lowest BCUT2D eigenvalue weighted by molar-refractivity contribution is -0.154. The summed E-state index contributed by atoms with van der Waals surface area (Å²) in [4.78, 5) is 11.1. The normalized spacial score (nSPS) is 21.8. The Bertz CT molecular complexity index is 327. The molecule has 1 heterocycles. The minimum Gasteiger partial charge on any atom is -0.457 e. The first-order valence-corrected chi connectivity index (χ1v) is 5.02. The summed E-state index contributed by atoms with van der Waals surface area (Å²) in [5.74, 6) is -0.0678. The number of cyclic esters (lactones) is 1. The molecule has 1 aliphatic rings. The van der Waals surface area contributed by atoms with Gasteiger partial charge in [-0.25, -0.2) is 0 Å². The molecule has 0 amide bonds. The zero-order chi connectivity index (χ0) is 9.97. The first-order chi connectivity index (χ1) is 6.75. The van der Waals surface area contributed by atoms with Gasteiger partial charge in [-0.05, 0) is 25.3 Å². The first-order valence-electron chi connectivity index (χ1n) is 5.02. The molecule has 2 nitrogen and oxygen atoms in total. The van der Waals surface area contributed by atoms with Gasteiger partial charge in [0.15, 0.2) is 0 Å². The summed E-state index contributed by atoms with van der Waals surface area (Å²) in [7, 11) is 0. The quantitative estimate of drug-likeness (QED) is 0.636. The number of benzene rings is 1. The van der Waals surface area contributed by atoms with Gasteiger partial charge in [-0.2, -0.15) is 0 Å². The molecule has 0 spiro atoms. The van der Waals surface area contributed by atoms with Crippen LogP contribution in [-0.4, -0.2) is 5.97 Å². The van der Waals surface area contributed by atoms with Crippen LogP contribution in [0.3, 0.4) is 0 Å². The van der Waals surface area contributed by atoms with Gasteiger partial charge < -0.3 is 4.74 Å². The molecule has 1 aromatic rings. The molecular weight excluding hydrogens is 176 g/mol. The zero-order valence-electron chi connectivity index (χ0n) is 8.32. The number of hydrogen-bond acceptors (Lipinski definition) is 2. The molecule has 1 aromatic carbocycles. The number of carbonyl (C=O) groups excluding carboxylic acids is 1. The van der Waals surface area contributed by atoms with E-state index in [1.165, 1.54) is 5.56 Å². The third-order valence-corrected chi connectivity index (χ3v) is 2.57. The SMILES string of the molecule is Cc1ccc(C2CCCC(=O)O2)cc1. The van der Waals surface area contributed by atoms with Crippen molar-refractivity contribution in [2.45, 2.75) is 32.3 Å².